The van der Waals surface area contributed by atoms with Crippen LogP contribution in [0.3, 0.4) is 0 Å². The number of aliphatic hydroxyl groups is 1. The fraction of sp³-hybridized carbons (Fsp3) is 0.700. The van der Waals surface area contributed by atoms with E-state index in [0.29, 0.717) is 19.5 Å². The van der Waals surface area contributed by atoms with Crippen LogP contribution < -0.4 is 5.73 Å². The number of rotatable bonds is 6. The quantitative estimate of drug-likeness (QED) is 0.598. The van der Waals surface area contributed by atoms with E-state index in [1.165, 1.54) is 4.90 Å². The standard InChI is InChI=1S/C10H20N2O2/c1-4-6-12(7-8-13)9(14)10(3,11)5-2/h4,13H,1,5-8,11H2,2-3H3. The van der Waals surface area contributed by atoms with Crippen LogP contribution in [-0.4, -0.2) is 41.1 Å². The van der Waals surface area contributed by atoms with Gasteiger partial charge in [0, 0.05) is 13.1 Å². The molecular formula is C10H20N2O2. The third kappa shape index (κ3) is 3.47. The van der Waals surface area contributed by atoms with Gasteiger partial charge in [0.05, 0.1) is 12.1 Å². The molecule has 0 radical (unpaired) electrons. The fourth-order valence-electron chi connectivity index (χ4n) is 1.06. The predicted molar refractivity (Wildman–Crippen MR) is 56.7 cm³/mol. The van der Waals surface area contributed by atoms with Crippen LogP contribution in [0.4, 0.5) is 0 Å². The molecule has 4 heteroatoms. The largest absolute Gasteiger partial charge is 0.395 e. The third-order valence-electron chi connectivity index (χ3n) is 2.23. The highest BCUT2D eigenvalue weighted by Crippen LogP contribution is 2.09. The Hall–Kier alpha value is -0.870. The van der Waals surface area contributed by atoms with Crippen LogP contribution in [0.1, 0.15) is 20.3 Å². The molecule has 0 aliphatic rings. The van der Waals surface area contributed by atoms with Crippen molar-refractivity contribution < 1.29 is 9.90 Å². The minimum absolute atomic E-state index is 0.0562. The van der Waals surface area contributed by atoms with Gasteiger partial charge in [-0.2, -0.15) is 0 Å². The van der Waals surface area contributed by atoms with E-state index >= 15 is 0 Å². The molecule has 0 saturated heterocycles. The molecule has 0 rings (SSSR count). The van der Waals surface area contributed by atoms with Crippen LogP contribution in [0, 0.1) is 0 Å². The Morgan fingerprint density at radius 2 is 2.29 bits per heavy atom. The molecule has 0 heterocycles. The second-order valence-corrected chi connectivity index (χ2v) is 3.53. The van der Waals surface area contributed by atoms with Crippen LogP contribution in [0.15, 0.2) is 12.7 Å². The molecule has 4 nitrogen and oxygen atoms in total. The van der Waals surface area contributed by atoms with Gasteiger partial charge in [-0.05, 0) is 13.3 Å². The molecule has 0 aromatic carbocycles. The molecule has 3 N–H and O–H groups in total. The van der Waals surface area contributed by atoms with Crippen molar-refractivity contribution in [2.75, 3.05) is 19.7 Å². The molecule has 0 aromatic rings. The Morgan fingerprint density at radius 1 is 1.71 bits per heavy atom. The smallest absolute Gasteiger partial charge is 0.242 e. The first kappa shape index (κ1) is 13.1. The molecule has 1 atom stereocenters. The van der Waals surface area contributed by atoms with Gasteiger partial charge in [0.25, 0.3) is 0 Å². The number of nitrogens with zero attached hydrogens (tertiary/aromatic N) is 1. The molecule has 0 aliphatic carbocycles. The Morgan fingerprint density at radius 3 is 2.64 bits per heavy atom. The van der Waals surface area contributed by atoms with E-state index < -0.39 is 5.54 Å². The zero-order chi connectivity index (χ0) is 11.2. The molecule has 14 heavy (non-hydrogen) atoms. The van der Waals surface area contributed by atoms with Gasteiger partial charge in [0.15, 0.2) is 0 Å². The molecule has 1 unspecified atom stereocenters. The monoisotopic (exact) mass is 200 g/mol. The van der Waals surface area contributed by atoms with Crippen molar-refractivity contribution in [2.24, 2.45) is 5.73 Å². The van der Waals surface area contributed by atoms with Gasteiger partial charge in [-0.1, -0.05) is 13.0 Å². The van der Waals surface area contributed by atoms with Crippen LogP contribution in [-0.2, 0) is 4.79 Å². The maximum atomic E-state index is 11.8. The number of amides is 1. The maximum Gasteiger partial charge on any atom is 0.242 e. The van der Waals surface area contributed by atoms with E-state index in [0.717, 1.165) is 0 Å². The van der Waals surface area contributed by atoms with E-state index in [9.17, 15) is 4.79 Å². The first-order chi connectivity index (χ1) is 6.49. The summed E-state index contributed by atoms with van der Waals surface area (Å²) in [5, 5.41) is 8.78. The second-order valence-electron chi connectivity index (χ2n) is 3.53. The highest BCUT2D eigenvalue weighted by Gasteiger charge is 2.29. The third-order valence-corrected chi connectivity index (χ3v) is 2.23. The maximum absolute atomic E-state index is 11.8. The highest BCUT2D eigenvalue weighted by atomic mass is 16.3. The van der Waals surface area contributed by atoms with Crippen molar-refractivity contribution in [1.29, 1.82) is 0 Å². The van der Waals surface area contributed by atoms with Gasteiger partial charge < -0.3 is 15.7 Å². The van der Waals surface area contributed by atoms with Crippen molar-refractivity contribution in [2.45, 2.75) is 25.8 Å². The average molecular weight is 200 g/mol. The van der Waals surface area contributed by atoms with Gasteiger partial charge in [0.2, 0.25) is 5.91 Å². The lowest BCUT2D eigenvalue weighted by Gasteiger charge is -2.29. The van der Waals surface area contributed by atoms with Gasteiger partial charge >= 0.3 is 0 Å². The van der Waals surface area contributed by atoms with E-state index in [1.54, 1.807) is 13.0 Å². The van der Waals surface area contributed by atoms with E-state index in [-0.39, 0.29) is 12.5 Å². The number of nitrogens with two attached hydrogens (primary N) is 1. The topological polar surface area (TPSA) is 66.6 Å². The van der Waals surface area contributed by atoms with Gasteiger partial charge in [0.1, 0.15) is 0 Å². The van der Waals surface area contributed by atoms with Crippen molar-refractivity contribution in [3.05, 3.63) is 12.7 Å². The van der Waals surface area contributed by atoms with Crippen LogP contribution in [0.5, 0.6) is 0 Å². The highest BCUT2D eigenvalue weighted by molar-refractivity contribution is 5.85. The summed E-state index contributed by atoms with van der Waals surface area (Å²) < 4.78 is 0. The van der Waals surface area contributed by atoms with Gasteiger partial charge in [-0.25, -0.2) is 0 Å². The summed E-state index contributed by atoms with van der Waals surface area (Å²) in [5.41, 5.74) is 4.96. The summed E-state index contributed by atoms with van der Waals surface area (Å²) in [7, 11) is 0. The number of carbonyl (C=O) groups excluding carboxylic acids is 1. The van der Waals surface area contributed by atoms with Gasteiger partial charge in [-0.15, -0.1) is 6.58 Å². The summed E-state index contributed by atoms with van der Waals surface area (Å²) >= 11 is 0. The minimum Gasteiger partial charge on any atom is -0.395 e. The zero-order valence-corrected chi connectivity index (χ0v) is 8.99. The fourth-order valence-corrected chi connectivity index (χ4v) is 1.06. The lowest BCUT2D eigenvalue weighted by molar-refractivity contribution is -0.136. The SMILES string of the molecule is C=CCN(CCO)C(=O)C(C)(N)CC. The summed E-state index contributed by atoms with van der Waals surface area (Å²) in [6.45, 7) is 7.79. The van der Waals surface area contributed by atoms with Crippen molar-refractivity contribution in [3.8, 4) is 0 Å². The van der Waals surface area contributed by atoms with Crippen LogP contribution in [0.25, 0.3) is 0 Å². The summed E-state index contributed by atoms with van der Waals surface area (Å²) in [6, 6.07) is 0. The Labute approximate surface area is 85.4 Å². The summed E-state index contributed by atoms with van der Waals surface area (Å²) in [4.78, 5) is 13.3. The molecule has 0 fully saturated rings. The normalized spacial score (nSPS) is 14.6. The number of carbonyl (C=O) groups is 1. The van der Waals surface area contributed by atoms with Crippen LogP contribution in [0.2, 0.25) is 0 Å². The van der Waals surface area contributed by atoms with Crippen molar-refractivity contribution >= 4 is 5.91 Å². The number of hydrogen-bond donors (Lipinski definition) is 2. The first-order valence-electron chi connectivity index (χ1n) is 4.79. The molecule has 0 spiro atoms. The minimum atomic E-state index is -0.849. The summed E-state index contributed by atoms with van der Waals surface area (Å²) in [5.74, 6) is -0.144. The lowest BCUT2D eigenvalue weighted by Crippen LogP contribution is -2.53. The predicted octanol–water partition coefficient (Wildman–Crippen LogP) is 0.121. The molecule has 0 aliphatic heterocycles. The molecule has 1 amide bonds. The summed E-state index contributed by atoms with van der Waals surface area (Å²) in [6.07, 6.45) is 2.20. The van der Waals surface area contributed by atoms with Gasteiger partial charge in [-0.3, -0.25) is 4.79 Å². The molecule has 0 bridgehead atoms. The average Bonchev–Trinajstić information content (AvgIpc) is 2.16. The molecular weight excluding hydrogens is 180 g/mol. The molecule has 0 saturated carbocycles. The Balaban J connectivity index is 4.49. The van der Waals surface area contributed by atoms with E-state index in [1.807, 2.05) is 6.92 Å². The molecule has 82 valence electrons. The number of hydrogen-bond acceptors (Lipinski definition) is 3. The second kappa shape index (κ2) is 5.78. The van der Waals surface area contributed by atoms with E-state index in [4.69, 9.17) is 10.8 Å². The lowest BCUT2D eigenvalue weighted by atomic mass is 9.98. The van der Waals surface area contributed by atoms with E-state index in [2.05, 4.69) is 6.58 Å². The van der Waals surface area contributed by atoms with Crippen LogP contribution >= 0.6 is 0 Å². The first-order valence-corrected chi connectivity index (χ1v) is 4.79. The molecule has 0 aromatic heterocycles. The number of aliphatic hydroxyl groups excluding tert-OH is 1. The van der Waals surface area contributed by atoms with Crippen molar-refractivity contribution in [3.63, 3.8) is 0 Å². The Bertz CT molecular complexity index is 202. The Kier molecular flexibility index (Phi) is 5.42. The zero-order valence-electron chi connectivity index (χ0n) is 8.99. The van der Waals surface area contributed by atoms with Crippen molar-refractivity contribution in [1.82, 2.24) is 4.90 Å².